The molecule has 1 unspecified atom stereocenters. The average Bonchev–Trinajstić information content (AvgIpc) is 2.81. The number of rotatable bonds is 4. The lowest BCUT2D eigenvalue weighted by Gasteiger charge is -2.42. The topological polar surface area (TPSA) is 64.1 Å². The highest BCUT2D eigenvalue weighted by atomic mass is 19.1. The van der Waals surface area contributed by atoms with Gasteiger partial charge in [0.1, 0.15) is 17.7 Å². The van der Waals surface area contributed by atoms with E-state index in [9.17, 15) is 23.5 Å². The van der Waals surface area contributed by atoms with E-state index in [1.165, 1.54) is 29.2 Å². The van der Waals surface area contributed by atoms with Gasteiger partial charge in [0.2, 0.25) is 5.91 Å². The van der Waals surface area contributed by atoms with E-state index in [0.29, 0.717) is 39.1 Å². The van der Waals surface area contributed by atoms with E-state index >= 15 is 0 Å². The molecule has 170 valence electrons. The molecular formula is C24H27F2N3O3. The molecular weight excluding hydrogens is 416 g/mol. The van der Waals surface area contributed by atoms with Crippen molar-refractivity contribution in [3.63, 3.8) is 0 Å². The summed E-state index contributed by atoms with van der Waals surface area (Å²) in [7, 11) is 0. The highest BCUT2D eigenvalue weighted by molar-refractivity contribution is 5.85. The Balaban J connectivity index is 1.49. The van der Waals surface area contributed by atoms with Gasteiger partial charge in [-0.05, 0) is 54.7 Å². The monoisotopic (exact) mass is 443 g/mol. The first-order chi connectivity index (χ1) is 15.4. The summed E-state index contributed by atoms with van der Waals surface area (Å²) in [5.74, 6) is -0.776. The van der Waals surface area contributed by atoms with Gasteiger partial charge in [0.05, 0.1) is 6.04 Å². The number of likely N-dealkylation sites (tertiary alicyclic amines) is 1. The lowest BCUT2D eigenvalue weighted by Crippen LogP contribution is -2.57. The first-order valence-corrected chi connectivity index (χ1v) is 11.0. The summed E-state index contributed by atoms with van der Waals surface area (Å²) in [5, 5.41) is 9.46. The maximum Gasteiger partial charge on any atom is 0.407 e. The number of hydrogen-bond donors (Lipinski definition) is 1. The molecule has 0 bridgehead atoms. The van der Waals surface area contributed by atoms with Gasteiger partial charge >= 0.3 is 6.09 Å². The number of nitrogens with zero attached hydrogens (tertiary/aromatic N) is 3. The Morgan fingerprint density at radius 2 is 1.34 bits per heavy atom. The van der Waals surface area contributed by atoms with Gasteiger partial charge in [-0.2, -0.15) is 0 Å². The van der Waals surface area contributed by atoms with Crippen LogP contribution in [0.25, 0.3) is 0 Å². The van der Waals surface area contributed by atoms with Gasteiger partial charge in [0, 0.05) is 32.7 Å². The number of carboxylic acid groups (broad SMARTS) is 1. The minimum atomic E-state index is -1.05. The number of piperidine rings is 1. The molecule has 2 aliphatic rings. The van der Waals surface area contributed by atoms with E-state index in [1.807, 2.05) is 0 Å². The van der Waals surface area contributed by atoms with Gasteiger partial charge in [0.15, 0.2) is 0 Å². The molecule has 4 rings (SSSR count). The van der Waals surface area contributed by atoms with Gasteiger partial charge in [-0.3, -0.25) is 14.6 Å². The van der Waals surface area contributed by atoms with Crippen molar-refractivity contribution in [2.24, 2.45) is 0 Å². The molecule has 32 heavy (non-hydrogen) atoms. The fraction of sp³-hybridized carbons (Fsp3) is 0.417. The normalized spacial score (nSPS) is 19.9. The number of piperazine rings is 1. The lowest BCUT2D eigenvalue weighted by molar-refractivity contribution is -0.139. The van der Waals surface area contributed by atoms with Gasteiger partial charge in [-0.15, -0.1) is 0 Å². The highest BCUT2D eigenvalue weighted by Gasteiger charge is 2.36. The molecule has 2 aromatic rings. The summed E-state index contributed by atoms with van der Waals surface area (Å²) < 4.78 is 27.0. The number of carbonyl (C=O) groups excluding carboxylic acids is 1. The van der Waals surface area contributed by atoms with Crippen LogP contribution in [-0.4, -0.2) is 70.6 Å². The number of amides is 2. The van der Waals surface area contributed by atoms with Crippen molar-refractivity contribution < 1.29 is 23.5 Å². The van der Waals surface area contributed by atoms with Gasteiger partial charge in [0.25, 0.3) is 0 Å². The molecule has 0 saturated carbocycles. The van der Waals surface area contributed by atoms with Crippen LogP contribution in [0.1, 0.15) is 36.4 Å². The molecule has 2 aliphatic heterocycles. The van der Waals surface area contributed by atoms with Crippen molar-refractivity contribution in [3.8, 4) is 0 Å². The summed E-state index contributed by atoms with van der Waals surface area (Å²) in [6.07, 6.45) is 1.13. The molecule has 6 nitrogen and oxygen atoms in total. The summed E-state index contributed by atoms with van der Waals surface area (Å²) in [5.41, 5.74) is 1.78. The summed E-state index contributed by atoms with van der Waals surface area (Å²) in [6.45, 7) is 2.49. The molecule has 2 amide bonds. The quantitative estimate of drug-likeness (QED) is 0.782. The Morgan fingerprint density at radius 1 is 0.812 bits per heavy atom. The fourth-order valence-corrected chi connectivity index (χ4v) is 4.73. The van der Waals surface area contributed by atoms with Crippen molar-refractivity contribution in [3.05, 3.63) is 71.3 Å². The van der Waals surface area contributed by atoms with Crippen molar-refractivity contribution in [1.29, 1.82) is 0 Å². The van der Waals surface area contributed by atoms with Crippen LogP contribution < -0.4 is 0 Å². The molecule has 2 fully saturated rings. The second-order valence-corrected chi connectivity index (χ2v) is 8.35. The number of hydrogen-bond acceptors (Lipinski definition) is 3. The Labute approximate surface area is 186 Å². The third-order valence-corrected chi connectivity index (χ3v) is 6.40. The molecule has 0 spiro atoms. The summed E-state index contributed by atoms with van der Waals surface area (Å²) >= 11 is 0. The number of benzene rings is 2. The van der Waals surface area contributed by atoms with E-state index in [2.05, 4.69) is 4.90 Å². The third-order valence-electron chi connectivity index (χ3n) is 6.40. The minimum absolute atomic E-state index is 0.133. The first kappa shape index (κ1) is 22.2. The highest BCUT2D eigenvalue weighted by Crippen LogP contribution is 2.30. The Hall–Kier alpha value is -3.00. The zero-order chi connectivity index (χ0) is 22.7. The number of halogens is 2. The first-order valence-electron chi connectivity index (χ1n) is 11.0. The van der Waals surface area contributed by atoms with E-state index in [-0.39, 0.29) is 23.6 Å². The molecule has 0 aromatic heterocycles. The maximum absolute atomic E-state index is 13.5. The van der Waals surface area contributed by atoms with Crippen LogP contribution in [0, 0.1) is 11.6 Å². The van der Waals surface area contributed by atoms with Crippen LogP contribution >= 0.6 is 0 Å². The maximum atomic E-state index is 13.5. The summed E-state index contributed by atoms with van der Waals surface area (Å²) in [4.78, 5) is 29.8. The fourth-order valence-electron chi connectivity index (χ4n) is 4.73. The minimum Gasteiger partial charge on any atom is -0.465 e. The van der Waals surface area contributed by atoms with Crippen LogP contribution in [0.5, 0.6) is 0 Å². The summed E-state index contributed by atoms with van der Waals surface area (Å²) in [6, 6.07) is 11.8. The Kier molecular flexibility index (Phi) is 6.69. The standard InChI is InChI=1S/C24H27F2N3O3/c25-19-8-4-17(5-9-19)22(18-6-10-20(26)11-7-18)27-13-15-28(16-14-27)23(30)21-3-1-2-12-29(21)24(31)32/h4-11,21-22H,1-3,12-16H2,(H,31,32). The predicted molar refractivity (Wildman–Crippen MR) is 115 cm³/mol. The molecule has 2 saturated heterocycles. The second-order valence-electron chi connectivity index (χ2n) is 8.35. The SMILES string of the molecule is O=C(C1CCCCN1C(=O)O)N1CCN(C(c2ccc(F)cc2)c2ccc(F)cc2)CC1. The van der Waals surface area contributed by atoms with E-state index in [4.69, 9.17) is 0 Å². The average molecular weight is 443 g/mol. The van der Waals surface area contributed by atoms with Crippen LogP contribution in [0.15, 0.2) is 48.5 Å². The van der Waals surface area contributed by atoms with Gasteiger partial charge in [-0.25, -0.2) is 13.6 Å². The third kappa shape index (κ3) is 4.75. The predicted octanol–water partition coefficient (Wildman–Crippen LogP) is 3.73. The molecule has 2 heterocycles. The smallest absolute Gasteiger partial charge is 0.407 e. The van der Waals surface area contributed by atoms with Crippen LogP contribution in [0.4, 0.5) is 13.6 Å². The zero-order valence-corrected chi connectivity index (χ0v) is 17.8. The molecule has 8 heteroatoms. The van der Waals surface area contributed by atoms with Crippen LogP contribution in [0.3, 0.4) is 0 Å². The number of carbonyl (C=O) groups is 2. The van der Waals surface area contributed by atoms with Crippen molar-refractivity contribution in [1.82, 2.24) is 14.7 Å². The Morgan fingerprint density at radius 3 is 1.84 bits per heavy atom. The second kappa shape index (κ2) is 9.65. The van der Waals surface area contributed by atoms with Crippen molar-refractivity contribution in [2.75, 3.05) is 32.7 Å². The zero-order valence-electron chi connectivity index (χ0n) is 17.8. The van der Waals surface area contributed by atoms with Crippen molar-refractivity contribution >= 4 is 12.0 Å². The van der Waals surface area contributed by atoms with E-state index < -0.39 is 12.1 Å². The molecule has 1 atom stereocenters. The molecule has 0 aliphatic carbocycles. The van der Waals surface area contributed by atoms with Gasteiger partial charge < -0.3 is 10.0 Å². The van der Waals surface area contributed by atoms with E-state index in [1.54, 1.807) is 29.2 Å². The Bertz CT molecular complexity index is 898. The van der Waals surface area contributed by atoms with Crippen LogP contribution in [-0.2, 0) is 4.79 Å². The molecule has 2 aromatic carbocycles. The van der Waals surface area contributed by atoms with E-state index in [0.717, 1.165) is 24.0 Å². The lowest BCUT2D eigenvalue weighted by atomic mass is 9.96. The molecule has 0 radical (unpaired) electrons. The van der Waals surface area contributed by atoms with Crippen LogP contribution in [0.2, 0.25) is 0 Å². The largest absolute Gasteiger partial charge is 0.465 e. The van der Waals surface area contributed by atoms with Gasteiger partial charge in [-0.1, -0.05) is 24.3 Å². The molecule has 1 N–H and O–H groups in total. The van der Waals surface area contributed by atoms with Crippen molar-refractivity contribution in [2.45, 2.75) is 31.3 Å².